The number of benzene rings is 1. The summed E-state index contributed by atoms with van der Waals surface area (Å²) >= 11 is 0. The molecular weight excluding hydrogens is 316 g/mol. The zero-order chi connectivity index (χ0) is 17.5. The van der Waals surface area contributed by atoms with Gasteiger partial charge >= 0.3 is 0 Å². The molecule has 1 aromatic heterocycles. The number of amides is 1. The lowest BCUT2D eigenvalue weighted by atomic mass is 10.2. The molecule has 1 heterocycles. The van der Waals surface area contributed by atoms with Gasteiger partial charge in [-0.05, 0) is 18.2 Å². The van der Waals surface area contributed by atoms with E-state index in [9.17, 15) is 13.6 Å². The van der Waals surface area contributed by atoms with Gasteiger partial charge in [-0.3, -0.25) is 4.79 Å². The maximum absolute atomic E-state index is 14.3. The minimum absolute atomic E-state index is 0.0123. The van der Waals surface area contributed by atoms with Crippen LogP contribution in [0.1, 0.15) is 22.3 Å². The number of terminal acetylenes is 1. The molecule has 0 atom stereocenters. The fourth-order valence-electron chi connectivity index (χ4n) is 1.94. The summed E-state index contributed by atoms with van der Waals surface area (Å²) in [4.78, 5) is 15.4. The molecule has 124 valence electrons. The van der Waals surface area contributed by atoms with Crippen LogP contribution >= 0.6 is 0 Å². The van der Waals surface area contributed by atoms with Gasteiger partial charge in [0.1, 0.15) is 5.82 Å². The Morgan fingerprint density at radius 3 is 2.83 bits per heavy atom. The number of nitrogens with one attached hydrogen (secondary N) is 1. The molecule has 0 spiro atoms. The van der Waals surface area contributed by atoms with E-state index in [2.05, 4.69) is 16.2 Å². The van der Waals surface area contributed by atoms with Crippen LogP contribution in [0.2, 0.25) is 0 Å². The van der Waals surface area contributed by atoms with Crippen LogP contribution in [0, 0.1) is 24.1 Å². The van der Waals surface area contributed by atoms with Gasteiger partial charge in [0.25, 0.3) is 5.91 Å². The van der Waals surface area contributed by atoms with Gasteiger partial charge in [0, 0.05) is 18.5 Å². The largest absolute Gasteiger partial charge is 0.490 e. The van der Waals surface area contributed by atoms with E-state index < -0.39 is 17.7 Å². The van der Waals surface area contributed by atoms with Crippen molar-refractivity contribution in [2.24, 2.45) is 0 Å². The van der Waals surface area contributed by atoms with Crippen molar-refractivity contribution in [3.05, 3.63) is 53.2 Å². The van der Waals surface area contributed by atoms with Crippen LogP contribution in [0.4, 0.5) is 14.6 Å². The molecule has 5 nitrogen and oxygen atoms in total. The summed E-state index contributed by atoms with van der Waals surface area (Å²) in [5, 5.41) is 2.50. The molecule has 2 aromatic rings. The van der Waals surface area contributed by atoms with Gasteiger partial charge < -0.3 is 15.8 Å². The normalized spacial score (nSPS) is 10.0. The summed E-state index contributed by atoms with van der Waals surface area (Å²) < 4.78 is 32.4. The van der Waals surface area contributed by atoms with Gasteiger partial charge in [-0.2, -0.15) is 4.39 Å². The summed E-state index contributed by atoms with van der Waals surface area (Å²) in [5.41, 5.74) is 5.74. The number of hydrogen-bond donors (Lipinski definition) is 2. The zero-order valence-electron chi connectivity index (χ0n) is 12.7. The highest BCUT2D eigenvalue weighted by atomic mass is 19.1. The van der Waals surface area contributed by atoms with Crippen LogP contribution in [-0.2, 0) is 6.54 Å². The van der Waals surface area contributed by atoms with E-state index in [1.807, 2.05) is 0 Å². The number of carbonyl (C=O) groups is 1. The van der Waals surface area contributed by atoms with Crippen molar-refractivity contribution in [2.45, 2.75) is 13.0 Å². The van der Waals surface area contributed by atoms with Crippen LogP contribution in [0.15, 0.2) is 30.3 Å². The topological polar surface area (TPSA) is 77.2 Å². The third-order valence-electron chi connectivity index (χ3n) is 3.12. The second kappa shape index (κ2) is 7.92. The maximum atomic E-state index is 14.3. The molecule has 0 saturated heterocycles. The lowest BCUT2D eigenvalue weighted by Crippen LogP contribution is -2.24. The average molecular weight is 331 g/mol. The van der Waals surface area contributed by atoms with Gasteiger partial charge in [-0.25, -0.2) is 9.37 Å². The fraction of sp³-hybridized carbons (Fsp3) is 0.176. The van der Waals surface area contributed by atoms with E-state index in [1.54, 1.807) is 6.07 Å². The SMILES string of the molecule is C#CCCOc1cccc(CNC(=O)c2ccc(F)nc2N)c1F. The number of nitrogens with two attached hydrogens (primary N) is 1. The number of hydrogen-bond acceptors (Lipinski definition) is 4. The van der Waals surface area contributed by atoms with Crippen LogP contribution in [0.3, 0.4) is 0 Å². The molecule has 1 amide bonds. The standard InChI is InChI=1S/C17H15F2N3O2/c1-2-3-9-24-13-6-4-5-11(15(13)19)10-21-17(23)12-7-8-14(18)22-16(12)20/h1,4-8H,3,9-10H2,(H2,20,22)(H,21,23). The number of rotatable bonds is 6. The van der Waals surface area contributed by atoms with E-state index in [1.165, 1.54) is 18.2 Å². The second-order valence-corrected chi connectivity index (χ2v) is 4.78. The van der Waals surface area contributed by atoms with E-state index in [0.717, 1.165) is 6.07 Å². The molecule has 7 heteroatoms. The number of carbonyl (C=O) groups excluding carboxylic acids is 1. The number of aromatic nitrogens is 1. The first-order valence-corrected chi connectivity index (χ1v) is 7.06. The third-order valence-corrected chi connectivity index (χ3v) is 3.12. The average Bonchev–Trinajstić information content (AvgIpc) is 2.55. The van der Waals surface area contributed by atoms with Crippen molar-refractivity contribution in [1.29, 1.82) is 0 Å². The second-order valence-electron chi connectivity index (χ2n) is 4.78. The van der Waals surface area contributed by atoms with E-state index in [4.69, 9.17) is 16.9 Å². The predicted molar refractivity (Wildman–Crippen MR) is 85.1 cm³/mol. The Kier molecular flexibility index (Phi) is 5.68. The molecule has 0 unspecified atom stereocenters. The van der Waals surface area contributed by atoms with Crippen molar-refractivity contribution < 1.29 is 18.3 Å². The Hall–Kier alpha value is -3.14. The number of nitrogens with zero attached hydrogens (tertiary/aromatic N) is 1. The van der Waals surface area contributed by atoms with E-state index in [0.29, 0.717) is 6.42 Å². The fourth-order valence-corrected chi connectivity index (χ4v) is 1.94. The molecule has 24 heavy (non-hydrogen) atoms. The Morgan fingerprint density at radius 2 is 2.12 bits per heavy atom. The lowest BCUT2D eigenvalue weighted by Gasteiger charge is -2.11. The molecule has 0 fully saturated rings. The first-order valence-electron chi connectivity index (χ1n) is 7.06. The minimum Gasteiger partial charge on any atom is -0.490 e. The molecule has 0 saturated carbocycles. The molecular formula is C17H15F2N3O2. The smallest absolute Gasteiger partial charge is 0.255 e. The van der Waals surface area contributed by atoms with Gasteiger partial charge in [0.15, 0.2) is 11.6 Å². The monoisotopic (exact) mass is 331 g/mol. The first-order chi connectivity index (χ1) is 11.5. The van der Waals surface area contributed by atoms with E-state index in [-0.39, 0.29) is 35.8 Å². The summed E-state index contributed by atoms with van der Waals surface area (Å²) in [6.07, 6.45) is 5.47. The van der Waals surface area contributed by atoms with Crippen molar-refractivity contribution in [3.63, 3.8) is 0 Å². The van der Waals surface area contributed by atoms with Crippen LogP contribution in [0.5, 0.6) is 5.75 Å². The van der Waals surface area contributed by atoms with Gasteiger partial charge in [-0.1, -0.05) is 12.1 Å². The highest BCUT2D eigenvalue weighted by molar-refractivity contribution is 5.98. The zero-order valence-corrected chi connectivity index (χ0v) is 12.7. The van der Waals surface area contributed by atoms with Crippen molar-refractivity contribution in [1.82, 2.24) is 10.3 Å². The molecule has 2 rings (SSSR count). The quantitative estimate of drug-likeness (QED) is 0.484. The number of pyridine rings is 1. The number of nitrogen functional groups attached to an aromatic ring is 1. The van der Waals surface area contributed by atoms with Crippen LogP contribution in [-0.4, -0.2) is 17.5 Å². The summed E-state index contributed by atoms with van der Waals surface area (Å²) in [7, 11) is 0. The molecule has 0 aliphatic carbocycles. The molecule has 0 bridgehead atoms. The molecule has 0 aliphatic heterocycles. The maximum Gasteiger partial charge on any atom is 0.255 e. The minimum atomic E-state index is -0.785. The summed E-state index contributed by atoms with van der Waals surface area (Å²) in [6, 6.07) is 6.81. The number of anilines is 1. The summed E-state index contributed by atoms with van der Waals surface area (Å²) in [5.74, 6) is 0.256. The Labute approximate surface area is 137 Å². The Bertz CT molecular complexity index is 788. The van der Waals surface area contributed by atoms with E-state index >= 15 is 0 Å². The molecule has 1 aromatic carbocycles. The first kappa shape index (κ1) is 17.2. The van der Waals surface area contributed by atoms with Crippen molar-refractivity contribution in [2.75, 3.05) is 12.3 Å². The van der Waals surface area contributed by atoms with Crippen LogP contribution in [0.25, 0.3) is 0 Å². The highest BCUT2D eigenvalue weighted by Crippen LogP contribution is 2.21. The van der Waals surface area contributed by atoms with Gasteiger partial charge in [-0.15, -0.1) is 12.3 Å². The molecule has 3 N–H and O–H groups in total. The predicted octanol–water partition coefficient (Wildman–Crippen LogP) is 2.27. The van der Waals surface area contributed by atoms with Crippen molar-refractivity contribution in [3.8, 4) is 18.1 Å². The van der Waals surface area contributed by atoms with Gasteiger partial charge in [0.05, 0.1) is 12.2 Å². The third kappa shape index (κ3) is 4.20. The Balaban J connectivity index is 2.05. The number of halogens is 2. The highest BCUT2D eigenvalue weighted by Gasteiger charge is 2.14. The lowest BCUT2D eigenvalue weighted by molar-refractivity contribution is 0.0951. The summed E-state index contributed by atoms with van der Waals surface area (Å²) in [6.45, 7) is 0.106. The van der Waals surface area contributed by atoms with Crippen molar-refractivity contribution >= 4 is 11.7 Å². The Morgan fingerprint density at radius 1 is 1.33 bits per heavy atom. The van der Waals surface area contributed by atoms with Gasteiger partial charge in [0.2, 0.25) is 5.95 Å². The number of ether oxygens (including phenoxy) is 1. The van der Waals surface area contributed by atoms with Crippen LogP contribution < -0.4 is 15.8 Å². The molecule has 0 aliphatic rings. The molecule has 0 radical (unpaired) electrons.